The van der Waals surface area contributed by atoms with Gasteiger partial charge in [0.05, 0.1) is 30.8 Å². The highest BCUT2D eigenvalue weighted by Crippen LogP contribution is 2.39. The summed E-state index contributed by atoms with van der Waals surface area (Å²) in [7, 11) is 3.10. The number of carbonyl (C=O) groups is 1. The molecule has 1 heterocycles. The van der Waals surface area contributed by atoms with Crippen molar-refractivity contribution >= 4 is 5.97 Å². The molecule has 1 aliphatic carbocycles. The van der Waals surface area contributed by atoms with Crippen LogP contribution in [0.15, 0.2) is 23.3 Å². The Balaban J connectivity index is 1.76. The lowest BCUT2D eigenvalue weighted by Crippen LogP contribution is -2.32. The van der Waals surface area contributed by atoms with E-state index >= 15 is 0 Å². The lowest BCUT2D eigenvalue weighted by Gasteiger charge is -2.27. The van der Waals surface area contributed by atoms with Gasteiger partial charge in [0.2, 0.25) is 0 Å². The van der Waals surface area contributed by atoms with Gasteiger partial charge in [-0.25, -0.2) is 0 Å². The summed E-state index contributed by atoms with van der Waals surface area (Å²) in [5, 5.41) is 0. The van der Waals surface area contributed by atoms with E-state index in [1.165, 1.54) is 18.3 Å². The maximum atomic E-state index is 11.8. The standard InChI is InChI=1S/C20H32O4/c1-14(9-12-18-20(2,3)24-18)7-6-8-15-10-11-16(19(21)23-5)17(13-15)22-4/h7,13,16-18H,6,8-12H2,1-5H3/b14-7+. The highest BCUT2D eigenvalue weighted by molar-refractivity contribution is 5.73. The Morgan fingerprint density at radius 3 is 2.71 bits per heavy atom. The van der Waals surface area contributed by atoms with Gasteiger partial charge in [-0.1, -0.05) is 23.3 Å². The highest BCUT2D eigenvalue weighted by atomic mass is 16.6. The first kappa shape index (κ1) is 19.2. The van der Waals surface area contributed by atoms with Crippen molar-refractivity contribution in [1.29, 1.82) is 0 Å². The molecule has 24 heavy (non-hydrogen) atoms. The van der Waals surface area contributed by atoms with Crippen molar-refractivity contribution in [2.75, 3.05) is 14.2 Å². The maximum Gasteiger partial charge on any atom is 0.311 e. The van der Waals surface area contributed by atoms with E-state index in [4.69, 9.17) is 14.2 Å². The van der Waals surface area contributed by atoms with Gasteiger partial charge in [0.1, 0.15) is 0 Å². The number of carbonyl (C=O) groups excluding carboxylic acids is 1. The molecule has 4 nitrogen and oxygen atoms in total. The zero-order valence-corrected chi connectivity index (χ0v) is 15.8. The van der Waals surface area contributed by atoms with Crippen LogP contribution >= 0.6 is 0 Å². The number of epoxide rings is 1. The number of ether oxygens (including phenoxy) is 3. The summed E-state index contributed by atoms with van der Waals surface area (Å²) in [6.07, 6.45) is 10.8. The Bertz CT molecular complexity index is 504. The molecule has 2 rings (SSSR count). The lowest BCUT2D eigenvalue weighted by molar-refractivity contribution is -0.149. The van der Waals surface area contributed by atoms with Crippen molar-refractivity contribution < 1.29 is 19.0 Å². The smallest absolute Gasteiger partial charge is 0.311 e. The minimum atomic E-state index is -0.168. The molecule has 136 valence electrons. The third kappa shape index (κ3) is 5.18. The predicted octanol–water partition coefficient (Wildman–Crippen LogP) is 4.19. The van der Waals surface area contributed by atoms with Gasteiger partial charge in [-0.05, 0) is 59.3 Å². The van der Waals surface area contributed by atoms with E-state index in [-0.39, 0.29) is 23.6 Å². The van der Waals surface area contributed by atoms with E-state index in [0.717, 1.165) is 38.5 Å². The summed E-state index contributed by atoms with van der Waals surface area (Å²) in [5.74, 6) is -0.332. The number of allylic oxidation sites excluding steroid dienone is 3. The fourth-order valence-corrected chi connectivity index (χ4v) is 3.48. The second-order valence-electron chi connectivity index (χ2n) is 7.53. The molecule has 0 saturated carbocycles. The van der Waals surface area contributed by atoms with Gasteiger partial charge in [-0.3, -0.25) is 4.79 Å². The first-order chi connectivity index (χ1) is 11.4. The van der Waals surface area contributed by atoms with E-state index in [2.05, 4.69) is 32.9 Å². The average molecular weight is 336 g/mol. The fraction of sp³-hybridized carbons (Fsp3) is 0.750. The number of rotatable bonds is 8. The van der Waals surface area contributed by atoms with Crippen molar-refractivity contribution in [3.8, 4) is 0 Å². The summed E-state index contributed by atoms with van der Waals surface area (Å²) in [5.41, 5.74) is 2.92. The second kappa shape index (κ2) is 8.30. The third-order valence-electron chi connectivity index (χ3n) is 5.27. The number of hydrogen-bond donors (Lipinski definition) is 0. The van der Waals surface area contributed by atoms with Crippen LogP contribution in [0.5, 0.6) is 0 Å². The van der Waals surface area contributed by atoms with Gasteiger partial charge >= 0.3 is 5.97 Å². The second-order valence-corrected chi connectivity index (χ2v) is 7.53. The maximum absolute atomic E-state index is 11.8. The van der Waals surface area contributed by atoms with Crippen LogP contribution in [0.2, 0.25) is 0 Å². The zero-order valence-electron chi connectivity index (χ0n) is 15.8. The van der Waals surface area contributed by atoms with Gasteiger partial charge in [-0.15, -0.1) is 0 Å². The number of methoxy groups -OCH3 is 2. The summed E-state index contributed by atoms with van der Waals surface area (Å²) in [4.78, 5) is 11.8. The molecule has 1 aliphatic heterocycles. The average Bonchev–Trinajstić information content (AvgIpc) is 3.19. The summed E-state index contributed by atoms with van der Waals surface area (Å²) < 4.78 is 16.0. The molecular formula is C20H32O4. The largest absolute Gasteiger partial charge is 0.469 e. The van der Waals surface area contributed by atoms with Gasteiger partial charge in [0.25, 0.3) is 0 Å². The van der Waals surface area contributed by atoms with Crippen LogP contribution in [0.3, 0.4) is 0 Å². The van der Waals surface area contributed by atoms with E-state index in [1.54, 1.807) is 7.11 Å². The SMILES string of the molecule is COC(=O)C1CCC(CC/C=C(\C)CCC2OC2(C)C)=CC1OC. The van der Waals surface area contributed by atoms with Gasteiger partial charge < -0.3 is 14.2 Å². The first-order valence-corrected chi connectivity index (χ1v) is 9.01. The van der Waals surface area contributed by atoms with Crippen molar-refractivity contribution in [2.24, 2.45) is 5.92 Å². The Labute approximate surface area is 146 Å². The monoisotopic (exact) mass is 336 g/mol. The van der Waals surface area contributed by atoms with E-state index in [0.29, 0.717) is 6.10 Å². The molecule has 0 radical (unpaired) electrons. The van der Waals surface area contributed by atoms with Crippen LogP contribution in [-0.2, 0) is 19.0 Å². The van der Waals surface area contributed by atoms with Crippen molar-refractivity contribution in [1.82, 2.24) is 0 Å². The van der Waals surface area contributed by atoms with E-state index in [1.807, 2.05) is 0 Å². The quantitative estimate of drug-likeness (QED) is 0.379. The normalized spacial score (nSPS) is 29.1. The Morgan fingerprint density at radius 1 is 1.42 bits per heavy atom. The van der Waals surface area contributed by atoms with Crippen LogP contribution in [0, 0.1) is 5.92 Å². The topological polar surface area (TPSA) is 48.1 Å². The van der Waals surface area contributed by atoms with Gasteiger partial charge in [0.15, 0.2) is 0 Å². The Hall–Kier alpha value is -1.13. The Morgan fingerprint density at radius 2 is 2.12 bits per heavy atom. The molecule has 0 aromatic carbocycles. The van der Waals surface area contributed by atoms with Crippen LogP contribution in [0.1, 0.15) is 59.3 Å². The summed E-state index contributed by atoms with van der Waals surface area (Å²) >= 11 is 0. The molecule has 0 aromatic rings. The van der Waals surface area contributed by atoms with Crippen LogP contribution < -0.4 is 0 Å². The zero-order chi connectivity index (χ0) is 17.7. The number of hydrogen-bond acceptors (Lipinski definition) is 4. The molecule has 2 aliphatic rings. The summed E-state index contributed by atoms with van der Waals surface area (Å²) in [6.45, 7) is 6.51. The van der Waals surface area contributed by atoms with Gasteiger partial charge in [0, 0.05) is 7.11 Å². The molecule has 4 heteroatoms. The lowest BCUT2D eigenvalue weighted by atomic mass is 9.85. The minimum Gasteiger partial charge on any atom is -0.469 e. The van der Waals surface area contributed by atoms with Crippen LogP contribution in [0.4, 0.5) is 0 Å². The van der Waals surface area contributed by atoms with E-state index < -0.39 is 0 Å². The molecule has 1 fully saturated rings. The highest BCUT2D eigenvalue weighted by Gasteiger charge is 2.46. The molecule has 1 saturated heterocycles. The van der Waals surface area contributed by atoms with Gasteiger partial charge in [-0.2, -0.15) is 0 Å². The van der Waals surface area contributed by atoms with Crippen LogP contribution in [-0.4, -0.2) is 38.0 Å². The van der Waals surface area contributed by atoms with Crippen molar-refractivity contribution in [3.05, 3.63) is 23.3 Å². The Kier molecular flexibility index (Phi) is 6.64. The molecule has 0 N–H and O–H groups in total. The number of esters is 1. The first-order valence-electron chi connectivity index (χ1n) is 9.01. The van der Waals surface area contributed by atoms with Crippen LogP contribution in [0.25, 0.3) is 0 Å². The molecule has 0 aromatic heterocycles. The van der Waals surface area contributed by atoms with E-state index in [9.17, 15) is 4.79 Å². The fourth-order valence-electron chi connectivity index (χ4n) is 3.48. The van der Waals surface area contributed by atoms with Crippen molar-refractivity contribution in [3.63, 3.8) is 0 Å². The minimum absolute atomic E-state index is 0.0958. The predicted molar refractivity (Wildman–Crippen MR) is 94.8 cm³/mol. The third-order valence-corrected chi connectivity index (χ3v) is 5.27. The molecule has 0 spiro atoms. The summed E-state index contributed by atoms with van der Waals surface area (Å²) in [6, 6.07) is 0. The van der Waals surface area contributed by atoms with Crippen molar-refractivity contribution in [2.45, 2.75) is 77.1 Å². The molecule has 3 atom stereocenters. The molecule has 0 bridgehead atoms. The molecule has 3 unspecified atom stereocenters. The molecular weight excluding hydrogens is 304 g/mol. The molecule has 0 amide bonds.